The van der Waals surface area contributed by atoms with E-state index >= 15 is 0 Å². The molecule has 4 N–H and O–H groups in total. The number of esters is 3. The third-order valence-electron chi connectivity index (χ3n) is 12.8. The Labute approximate surface area is 260 Å². The monoisotopic (exact) mass is 620 g/mol. The number of carbonyl (C=O) groups excluding carboxylic acids is 4. The summed E-state index contributed by atoms with van der Waals surface area (Å²) in [7, 11) is 1.72. The molecule has 248 valence electrons. The predicted octanol–water partition coefficient (Wildman–Crippen LogP) is 2.64. The Morgan fingerprint density at radius 3 is 2.09 bits per heavy atom. The molecule has 11 heteroatoms. The van der Waals surface area contributed by atoms with Crippen molar-refractivity contribution in [1.29, 1.82) is 0 Å². The first-order valence-corrected chi connectivity index (χ1v) is 16.5. The van der Waals surface area contributed by atoms with E-state index in [0.717, 1.165) is 57.8 Å². The van der Waals surface area contributed by atoms with Crippen LogP contribution in [-0.2, 0) is 38.1 Å². The zero-order chi connectivity index (χ0) is 32.2. The van der Waals surface area contributed by atoms with Crippen LogP contribution in [0.2, 0.25) is 0 Å². The molecule has 0 radical (unpaired) electrons. The van der Waals surface area contributed by atoms with Gasteiger partial charge in [0, 0.05) is 39.3 Å². The van der Waals surface area contributed by atoms with Crippen LogP contribution in [0.15, 0.2) is 0 Å². The molecule has 1 amide bonds. The zero-order valence-corrected chi connectivity index (χ0v) is 27.1. The van der Waals surface area contributed by atoms with E-state index < -0.39 is 55.0 Å². The Hall–Kier alpha value is -2.24. The van der Waals surface area contributed by atoms with Gasteiger partial charge in [-0.1, -0.05) is 13.8 Å². The number of aliphatic hydroxyl groups excluding tert-OH is 1. The summed E-state index contributed by atoms with van der Waals surface area (Å²) in [5.41, 5.74) is 6.88. The molecule has 0 aromatic carbocycles. The van der Waals surface area contributed by atoms with Crippen molar-refractivity contribution in [1.82, 2.24) is 5.32 Å². The molecule has 0 spiro atoms. The average molecular weight is 621 g/mol. The quantitative estimate of drug-likeness (QED) is 0.297. The number of hydrogen-bond acceptors (Lipinski definition) is 10. The average Bonchev–Trinajstić information content (AvgIpc) is 3.24. The first kappa shape index (κ1) is 33.1. The SMILES string of the molecule is CNC(=O)[C@H]1CC[C@@]2(N)[C@@H]3CC[C@@H]4C[C@@H]([C@H]5O[C@@H](CO)[C@H](OC(C)=O)[C@@H](OC(C)=O)[C@H]5OC(C)=O)CC[C@]4(C)[C@H]3CC[C@]12C. The maximum atomic E-state index is 12.9. The minimum Gasteiger partial charge on any atom is -0.456 e. The van der Waals surface area contributed by atoms with Crippen molar-refractivity contribution in [3.8, 4) is 0 Å². The van der Waals surface area contributed by atoms with Crippen LogP contribution in [0.5, 0.6) is 0 Å². The number of amides is 1. The smallest absolute Gasteiger partial charge is 0.303 e. The van der Waals surface area contributed by atoms with E-state index in [1.807, 2.05) is 0 Å². The summed E-state index contributed by atoms with van der Waals surface area (Å²) >= 11 is 0. The van der Waals surface area contributed by atoms with Gasteiger partial charge < -0.3 is 35.1 Å². The molecule has 5 aliphatic rings. The largest absolute Gasteiger partial charge is 0.456 e. The highest BCUT2D eigenvalue weighted by Crippen LogP contribution is 2.68. The minimum atomic E-state index is -1.12. The third-order valence-corrected chi connectivity index (χ3v) is 12.8. The molecule has 1 saturated heterocycles. The maximum absolute atomic E-state index is 12.9. The number of fused-ring (bicyclic) bond motifs is 5. The van der Waals surface area contributed by atoms with Crippen molar-refractivity contribution in [2.75, 3.05) is 13.7 Å². The molecule has 44 heavy (non-hydrogen) atoms. The molecular weight excluding hydrogens is 568 g/mol. The summed E-state index contributed by atoms with van der Waals surface area (Å²) in [6.07, 6.45) is 3.49. The first-order valence-electron chi connectivity index (χ1n) is 16.5. The van der Waals surface area contributed by atoms with Crippen molar-refractivity contribution in [2.45, 2.75) is 128 Å². The molecule has 4 saturated carbocycles. The molecule has 0 bridgehead atoms. The van der Waals surface area contributed by atoms with Crippen LogP contribution in [0.1, 0.15) is 92.4 Å². The Morgan fingerprint density at radius 2 is 1.48 bits per heavy atom. The minimum absolute atomic E-state index is 0.0239. The second kappa shape index (κ2) is 12.2. The highest BCUT2D eigenvalue weighted by Gasteiger charge is 2.67. The predicted molar refractivity (Wildman–Crippen MR) is 159 cm³/mol. The second-order valence-corrected chi connectivity index (χ2v) is 14.8. The van der Waals surface area contributed by atoms with Crippen molar-refractivity contribution in [3.63, 3.8) is 0 Å². The van der Waals surface area contributed by atoms with Gasteiger partial charge in [0.1, 0.15) is 12.2 Å². The fourth-order valence-corrected chi connectivity index (χ4v) is 10.7. The topological polar surface area (TPSA) is 163 Å². The van der Waals surface area contributed by atoms with Gasteiger partial charge in [0.05, 0.1) is 6.61 Å². The molecule has 5 rings (SSSR count). The van der Waals surface area contributed by atoms with Gasteiger partial charge in [0.15, 0.2) is 18.3 Å². The number of carbonyl (C=O) groups is 4. The van der Waals surface area contributed by atoms with E-state index in [1.54, 1.807) is 7.05 Å². The Balaban J connectivity index is 1.39. The third kappa shape index (κ3) is 5.34. The number of nitrogens with two attached hydrogens (primary N) is 1. The summed E-state index contributed by atoms with van der Waals surface area (Å²) in [5.74, 6) is -0.567. The molecule has 0 aromatic heterocycles. The van der Waals surface area contributed by atoms with Gasteiger partial charge in [-0.15, -0.1) is 0 Å². The fourth-order valence-electron chi connectivity index (χ4n) is 10.7. The van der Waals surface area contributed by atoms with E-state index in [4.69, 9.17) is 24.7 Å². The number of aliphatic hydroxyl groups is 1. The van der Waals surface area contributed by atoms with Gasteiger partial charge in [0.2, 0.25) is 5.91 Å². The molecule has 0 unspecified atom stereocenters. The van der Waals surface area contributed by atoms with E-state index in [2.05, 4.69) is 19.2 Å². The molecule has 11 nitrogen and oxygen atoms in total. The highest BCUT2D eigenvalue weighted by atomic mass is 16.6. The summed E-state index contributed by atoms with van der Waals surface area (Å²) in [5, 5.41) is 13.1. The lowest BCUT2D eigenvalue weighted by Crippen LogP contribution is -2.67. The molecular formula is C33H52N2O9. The van der Waals surface area contributed by atoms with Crippen LogP contribution >= 0.6 is 0 Å². The zero-order valence-electron chi connectivity index (χ0n) is 27.1. The molecule has 0 aromatic rings. The second-order valence-electron chi connectivity index (χ2n) is 14.8. The number of nitrogens with one attached hydrogen (secondary N) is 1. The highest BCUT2D eigenvalue weighted by molar-refractivity contribution is 5.80. The number of hydrogen-bond donors (Lipinski definition) is 3. The van der Waals surface area contributed by atoms with E-state index in [1.165, 1.54) is 20.8 Å². The molecule has 5 fully saturated rings. The van der Waals surface area contributed by atoms with Crippen LogP contribution < -0.4 is 11.1 Å². The standard InChI is InChI=1S/C33H52N2O9/c1-17(37)41-27-25(16-36)44-26(28(42-18(2)38)29(27)43-19(3)39)20-9-12-31(4)21(15-20)7-8-23-22(31)10-13-32(5)24(30(40)35-6)11-14-33(23,32)34/h20-29,36H,7-16,34H2,1-6H3,(H,35,40)/t20-,21+,22-,23+,24+,25-,26+,27-,28-,29+,31-,32+,33+/m0/s1. The van der Waals surface area contributed by atoms with Gasteiger partial charge in [-0.2, -0.15) is 0 Å². The first-order chi connectivity index (χ1) is 20.7. The van der Waals surface area contributed by atoms with E-state index in [-0.39, 0.29) is 34.1 Å². The lowest BCUT2D eigenvalue weighted by atomic mass is 9.42. The van der Waals surface area contributed by atoms with Crippen LogP contribution in [0.4, 0.5) is 0 Å². The van der Waals surface area contributed by atoms with Gasteiger partial charge in [-0.05, 0) is 92.3 Å². The van der Waals surface area contributed by atoms with Crippen molar-refractivity contribution in [2.24, 2.45) is 46.2 Å². The number of rotatable bonds is 6. The Bertz CT molecular complexity index is 1150. The molecule has 4 aliphatic carbocycles. The van der Waals surface area contributed by atoms with Crippen LogP contribution in [0.25, 0.3) is 0 Å². The van der Waals surface area contributed by atoms with E-state index in [0.29, 0.717) is 17.8 Å². The molecule has 1 heterocycles. The lowest BCUT2D eigenvalue weighted by Gasteiger charge is -2.64. The van der Waals surface area contributed by atoms with Crippen molar-refractivity contribution >= 4 is 23.8 Å². The van der Waals surface area contributed by atoms with Gasteiger partial charge >= 0.3 is 17.9 Å². The molecule has 13 atom stereocenters. The molecule has 1 aliphatic heterocycles. The normalized spacial score (nSPS) is 46.5. The van der Waals surface area contributed by atoms with Gasteiger partial charge in [0.25, 0.3) is 0 Å². The van der Waals surface area contributed by atoms with Crippen LogP contribution in [0, 0.1) is 40.4 Å². The lowest BCUT2D eigenvalue weighted by molar-refractivity contribution is -0.264. The summed E-state index contributed by atoms with van der Waals surface area (Å²) in [6, 6.07) is 0. The maximum Gasteiger partial charge on any atom is 0.303 e. The Kier molecular flexibility index (Phi) is 9.17. The van der Waals surface area contributed by atoms with E-state index in [9.17, 15) is 24.3 Å². The van der Waals surface area contributed by atoms with Crippen molar-refractivity contribution < 1.29 is 43.2 Å². The number of ether oxygens (including phenoxy) is 4. The van der Waals surface area contributed by atoms with Crippen LogP contribution in [-0.4, -0.2) is 78.6 Å². The van der Waals surface area contributed by atoms with Gasteiger partial charge in [-0.25, -0.2) is 0 Å². The fraction of sp³-hybridized carbons (Fsp3) is 0.879. The van der Waals surface area contributed by atoms with Gasteiger partial charge in [-0.3, -0.25) is 19.2 Å². The van der Waals surface area contributed by atoms with Crippen molar-refractivity contribution in [3.05, 3.63) is 0 Å². The summed E-state index contributed by atoms with van der Waals surface area (Å²) in [4.78, 5) is 49.3. The summed E-state index contributed by atoms with van der Waals surface area (Å²) in [6.45, 7) is 7.98. The van der Waals surface area contributed by atoms with Crippen LogP contribution in [0.3, 0.4) is 0 Å². The summed E-state index contributed by atoms with van der Waals surface area (Å²) < 4.78 is 23.3. The Morgan fingerprint density at radius 1 is 0.841 bits per heavy atom.